The molecule has 3 aromatic heterocycles. The maximum Gasteiger partial charge on any atom is 0.329 e. The quantitative estimate of drug-likeness (QED) is 0.404. The maximum atomic E-state index is 13.4. The summed E-state index contributed by atoms with van der Waals surface area (Å²) in [6, 6.07) is 13.5. The lowest BCUT2D eigenvalue weighted by Crippen LogP contribution is -2.36. The molecule has 4 heterocycles. The number of amides is 1. The molecular formula is C25H26ClN7O. The van der Waals surface area contributed by atoms with E-state index in [9.17, 15) is 4.79 Å². The third-order valence-corrected chi connectivity index (χ3v) is 6.35. The van der Waals surface area contributed by atoms with Crippen LogP contribution < -0.4 is 10.6 Å². The third-order valence-electron chi connectivity index (χ3n) is 6.12. The van der Waals surface area contributed by atoms with Crippen molar-refractivity contribution < 1.29 is 4.79 Å². The van der Waals surface area contributed by atoms with Gasteiger partial charge in [0.05, 0.1) is 18.3 Å². The Hall–Kier alpha value is -3.62. The number of aromatic nitrogens is 4. The Bertz CT molecular complexity index is 1360. The molecule has 0 aliphatic carbocycles. The molecule has 174 valence electrons. The average Bonchev–Trinajstić information content (AvgIpc) is 3.50. The van der Waals surface area contributed by atoms with E-state index in [-0.39, 0.29) is 12.1 Å². The van der Waals surface area contributed by atoms with Crippen molar-refractivity contribution in [1.82, 2.24) is 29.3 Å². The molecule has 0 radical (unpaired) electrons. The van der Waals surface area contributed by atoms with Crippen molar-refractivity contribution in [3.63, 3.8) is 0 Å². The Morgan fingerprint density at radius 2 is 2.06 bits per heavy atom. The van der Waals surface area contributed by atoms with Gasteiger partial charge in [0.1, 0.15) is 5.82 Å². The summed E-state index contributed by atoms with van der Waals surface area (Å²) in [4.78, 5) is 24.4. The van der Waals surface area contributed by atoms with E-state index in [1.54, 1.807) is 10.8 Å². The minimum absolute atomic E-state index is 0.0599. The number of nitrogens with one attached hydrogen (secondary N) is 2. The Kier molecular flexibility index (Phi) is 5.85. The highest BCUT2D eigenvalue weighted by Gasteiger charge is 2.34. The van der Waals surface area contributed by atoms with E-state index >= 15 is 0 Å². The van der Waals surface area contributed by atoms with Crippen LogP contribution in [0.1, 0.15) is 22.9 Å². The molecule has 1 aliphatic rings. The molecule has 8 nitrogen and oxygen atoms in total. The van der Waals surface area contributed by atoms with Crippen LogP contribution in [0.3, 0.4) is 0 Å². The summed E-state index contributed by atoms with van der Waals surface area (Å²) in [7, 11) is 3.84. The van der Waals surface area contributed by atoms with E-state index in [4.69, 9.17) is 16.6 Å². The summed E-state index contributed by atoms with van der Waals surface area (Å²) in [5.41, 5.74) is 4.57. The van der Waals surface area contributed by atoms with E-state index in [0.29, 0.717) is 24.1 Å². The summed E-state index contributed by atoms with van der Waals surface area (Å²) < 4.78 is 3.68. The topological polar surface area (TPSA) is 80.0 Å². The number of benzene rings is 1. The Morgan fingerprint density at radius 1 is 1.21 bits per heavy atom. The third kappa shape index (κ3) is 4.06. The highest BCUT2D eigenvalue weighted by atomic mass is 35.5. The van der Waals surface area contributed by atoms with Gasteiger partial charge in [-0.1, -0.05) is 23.7 Å². The maximum absolute atomic E-state index is 13.4. The van der Waals surface area contributed by atoms with Crippen LogP contribution in [0.2, 0.25) is 5.02 Å². The molecule has 0 unspecified atom stereocenters. The van der Waals surface area contributed by atoms with E-state index < -0.39 is 0 Å². The number of nitrogens with zero attached hydrogens (tertiary/aromatic N) is 5. The van der Waals surface area contributed by atoms with E-state index in [1.807, 2.05) is 85.3 Å². The van der Waals surface area contributed by atoms with Gasteiger partial charge in [-0.2, -0.15) is 0 Å². The SMILES string of the molecule is CNC[C@H](c1cccc(Cl)c1)N1Cc2cc(-c3nc(Nc4cccn4C)ncc3C)cn2C1=O. The fourth-order valence-corrected chi connectivity index (χ4v) is 4.58. The first-order valence-corrected chi connectivity index (χ1v) is 11.5. The lowest BCUT2D eigenvalue weighted by atomic mass is 10.1. The number of anilines is 2. The van der Waals surface area contributed by atoms with E-state index in [0.717, 1.165) is 33.9 Å². The molecule has 2 N–H and O–H groups in total. The van der Waals surface area contributed by atoms with Crippen molar-refractivity contribution in [2.75, 3.05) is 18.9 Å². The van der Waals surface area contributed by atoms with Gasteiger partial charge >= 0.3 is 6.03 Å². The molecule has 0 fully saturated rings. The fourth-order valence-electron chi connectivity index (χ4n) is 4.38. The smallest absolute Gasteiger partial charge is 0.329 e. The first-order chi connectivity index (χ1) is 16.4. The molecule has 5 rings (SSSR count). The van der Waals surface area contributed by atoms with Crippen LogP contribution in [-0.2, 0) is 13.6 Å². The number of fused-ring (bicyclic) bond motifs is 1. The van der Waals surface area contributed by atoms with Gasteiger partial charge in [-0.15, -0.1) is 0 Å². The molecule has 0 saturated carbocycles. The zero-order valence-corrected chi connectivity index (χ0v) is 20.0. The van der Waals surface area contributed by atoms with Crippen molar-refractivity contribution in [2.45, 2.75) is 19.5 Å². The lowest BCUT2D eigenvalue weighted by Gasteiger charge is -2.27. The van der Waals surface area contributed by atoms with Crippen molar-refractivity contribution in [2.24, 2.45) is 7.05 Å². The first-order valence-electron chi connectivity index (χ1n) is 11.1. The van der Waals surface area contributed by atoms with Crippen LogP contribution >= 0.6 is 11.6 Å². The zero-order valence-electron chi connectivity index (χ0n) is 19.3. The molecule has 1 aromatic carbocycles. The number of carbonyl (C=O) groups excluding carboxylic acids is 1. The van der Waals surface area contributed by atoms with Crippen LogP contribution in [0.15, 0.2) is 61.1 Å². The zero-order chi connectivity index (χ0) is 23.8. The summed E-state index contributed by atoms with van der Waals surface area (Å²) >= 11 is 6.22. The molecule has 0 bridgehead atoms. The second-order valence-corrected chi connectivity index (χ2v) is 8.92. The molecule has 1 atom stereocenters. The van der Waals surface area contributed by atoms with Crippen LogP contribution in [0.5, 0.6) is 0 Å². The molecular weight excluding hydrogens is 450 g/mol. The normalized spacial score (nSPS) is 13.9. The number of aryl methyl sites for hydroxylation is 2. The predicted octanol–water partition coefficient (Wildman–Crippen LogP) is 4.73. The minimum Gasteiger partial charge on any atom is -0.338 e. The highest BCUT2D eigenvalue weighted by molar-refractivity contribution is 6.30. The van der Waals surface area contributed by atoms with Gasteiger partial charge < -0.3 is 20.1 Å². The largest absolute Gasteiger partial charge is 0.338 e. The van der Waals surface area contributed by atoms with Crippen LogP contribution in [0, 0.1) is 6.92 Å². The number of likely N-dealkylation sites (N-methyl/N-ethyl adjacent to an activating group) is 1. The van der Waals surface area contributed by atoms with Gasteiger partial charge in [-0.05, 0) is 55.4 Å². The monoisotopic (exact) mass is 475 g/mol. The van der Waals surface area contributed by atoms with Crippen molar-refractivity contribution in [3.05, 3.63) is 82.9 Å². The molecule has 1 aliphatic heterocycles. The van der Waals surface area contributed by atoms with Gasteiger partial charge in [0.2, 0.25) is 5.95 Å². The molecule has 9 heteroatoms. The standard InChI is InChI=1S/C25H26ClN7O/c1-16-12-28-24(29-22-8-5-9-31(22)3)30-23(16)18-11-20-15-33(25(34)32(20)14-18)21(13-27-2)17-6-4-7-19(26)10-17/h4-12,14,21,27H,13,15H2,1-3H3,(H,28,29,30)/t21-/m1/s1. The highest BCUT2D eigenvalue weighted by Crippen LogP contribution is 2.33. The molecule has 0 spiro atoms. The minimum atomic E-state index is -0.124. The number of hydrogen-bond acceptors (Lipinski definition) is 5. The molecule has 34 heavy (non-hydrogen) atoms. The molecule has 4 aromatic rings. The van der Waals surface area contributed by atoms with E-state index in [2.05, 4.69) is 15.6 Å². The number of halogens is 1. The summed E-state index contributed by atoms with van der Waals surface area (Å²) in [6.07, 6.45) is 5.62. The predicted molar refractivity (Wildman–Crippen MR) is 133 cm³/mol. The van der Waals surface area contributed by atoms with Gasteiger partial charge in [0.25, 0.3) is 0 Å². The van der Waals surface area contributed by atoms with Crippen molar-refractivity contribution >= 4 is 29.4 Å². The summed E-state index contributed by atoms with van der Waals surface area (Å²) in [6.45, 7) is 3.11. The van der Waals surface area contributed by atoms with Gasteiger partial charge in [-0.25, -0.2) is 14.8 Å². The second-order valence-electron chi connectivity index (χ2n) is 8.48. The fraction of sp³-hybridized carbons (Fsp3) is 0.240. The van der Waals surface area contributed by atoms with Gasteiger partial charge in [0, 0.05) is 48.5 Å². The number of hydrogen-bond donors (Lipinski definition) is 2. The van der Waals surface area contributed by atoms with Crippen LogP contribution in [0.25, 0.3) is 11.3 Å². The number of rotatable bonds is 7. The van der Waals surface area contributed by atoms with Gasteiger partial charge in [-0.3, -0.25) is 4.57 Å². The molecule has 1 amide bonds. The number of carbonyl (C=O) groups is 1. The second kappa shape index (κ2) is 8.96. The van der Waals surface area contributed by atoms with Gasteiger partial charge in [0.15, 0.2) is 0 Å². The Balaban J connectivity index is 1.42. The van der Waals surface area contributed by atoms with Crippen LogP contribution in [0.4, 0.5) is 16.6 Å². The Labute approximate surface area is 203 Å². The van der Waals surface area contributed by atoms with Crippen LogP contribution in [-0.4, -0.2) is 43.6 Å². The summed E-state index contributed by atoms with van der Waals surface area (Å²) in [5.74, 6) is 1.41. The average molecular weight is 476 g/mol. The lowest BCUT2D eigenvalue weighted by molar-refractivity contribution is 0.186. The van der Waals surface area contributed by atoms with Crippen molar-refractivity contribution in [3.8, 4) is 11.3 Å². The van der Waals surface area contributed by atoms with E-state index in [1.165, 1.54) is 0 Å². The molecule has 0 saturated heterocycles. The summed E-state index contributed by atoms with van der Waals surface area (Å²) in [5, 5.41) is 7.11. The Morgan fingerprint density at radius 3 is 2.76 bits per heavy atom. The van der Waals surface area contributed by atoms with Crippen molar-refractivity contribution in [1.29, 1.82) is 0 Å². The first kappa shape index (κ1) is 22.2.